The number of esters is 1. The molecule has 0 bridgehead atoms. The van der Waals surface area contributed by atoms with Crippen LogP contribution in [0.15, 0.2) is 58.3 Å². The standard InChI is InChI=1S/C23H32N4O6S2/c1-26(14-7-6-10-23(28)33-2)15-13-18(17-34-19-8-4-3-5-9-19)25-21-12-11-20(35(24,31)32)16-22(21)27(29)30/h3-5,8-9,11-12,16,18,25H,6-7,10,13-15,17H2,1-2H3,(H2,24,31,32)/t18-/m1/s1. The largest absolute Gasteiger partial charge is 0.469 e. The first-order chi connectivity index (χ1) is 16.6. The van der Waals surface area contributed by atoms with E-state index in [1.165, 1.54) is 19.2 Å². The summed E-state index contributed by atoms with van der Waals surface area (Å²) in [6.45, 7) is 1.53. The van der Waals surface area contributed by atoms with Crippen molar-refractivity contribution in [3.05, 3.63) is 58.6 Å². The third-order valence-electron chi connectivity index (χ3n) is 5.31. The smallest absolute Gasteiger partial charge is 0.305 e. The average Bonchev–Trinajstić information content (AvgIpc) is 2.83. The van der Waals surface area contributed by atoms with Crippen molar-refractivity contribution in [2.24, 2.45) is 5.14 Å². The minimum atomic E-state index is -4.06. The van der Waals surface area contributed by atoms with Crippen LogP contribution in [0.3, 0.4) is 0 Å². The first-order valence-corrected chi connectivity index (χ1v) is 13.6. The Kier molecular flexibility index (Phi) is 11.4. The number of unbranched alkanes of at least 4 members (excludes halogenated alkanes) is 1. The maximum absolute atomic E-state index is 11.6. The Balaban J connectivity index is 2.08. The molecule has 0 radical (unpaired) electrons. The van der Waals surface area contributed by atoms with Crippen LogP contribution in [-0.4, -0.2) is 63.3 Å². The van der Waals surface area contributed by atoms with Gasteiger partial charge in [0, 0.05) is 29.2 Å². The number of nitro groups is 1. The predicted octanol–water partition coefficient (Wildman–Crippen LogP) is 3.48. The van der Waals surface area contributed by atoms with Crippen LogP contribution >= 0.6 is 11.8 Å². The topological polar surface area (TPSA) is 145 Å². The summed E-state index contributed by atoms with van der Waals surface area (Å²) in [6, 6.07) is 13.3. The van der Waals surface area contributed by atoms with E-state index in [1.54, 1.807) is 11.8 Å². The SMILES string of the molecule is COC(=O)CCCCN(C)CC[C@H](CSc1ccccc1)Nc1ccc(S(N)(=O)=O)cc1[N+](=O)[O-]. The summed E-state index contributed by atoms with van der Waals surface area (Å²) in [6.07, 6.45) is 2.68. The van der Waals surface area contributed by atoms with Crippen molar-refractivity contribution in [1.82, 2.24) is 4.90 Å². The molecule has 2 aromatic rings. The van der Waals surface area contributed by atoms with Gasteiger partial charge in [0.05, 0.1) is 16.9 Å². The van der Waals surface area contributed by atoms with E-state index in [0.717, 1.165) is 36.9 Å². The van der Waals surface area contributed by atoms with Crippen LogP contribution in [-0.2, 0) is 19.6 Å². The molecule has 0 amide bonds. The number of nitrogens with two attached hydrogens (primary N) is 1. The molecule has 0 spiro atoms. The molecule has 3 N–H and O–H groups in total. The second-order valence-corrected chi connectivity index (χ2v) is 10.7. The second-order valence-electron chi connectivity index (χ2n) is 8.07. The molecule has 2 rings (SSSR count). The van der Waals surface area contributed by atoms with Crippen LogP contribution in [0.25, 0.3) is 0 Å². The predicted molar refractivity (Wildman–Crippen MR) is 137 cm³/mol. The van der Waals surface area contributed by atoms with Gasteiger partial charge in [0.1, 0.15) is 5.69 Å². The Hall–Kier alpha value is -2.67. The lowest BCUT2D eigenvalue weighted by atomic mass is 10.2. The van der Waals surface area contributed by atoms with Crippen molar-refractivity contribution in [3.63, 3.8) is 0 Å². The molecule has 0 unspecified atom stereocenters. The molecular weight excluding hydrogens is 492 g/mol. The van der Waals surface area contributed by atoms with E-state index in [1.807, 2.05) is 37.4 Å². The molecule has 0 aliphatic carbocycles. The quantitative estimate of drug-likeness (QED) is 0.118. The summed E-state index contributed by atoms with van der Waals surface area (Å²) in [4.78, 5) is 25.2. The molecule has 1 atom stereocenters. The minimum Gasteiger partial charge on any atom is -0.469 e. The van der Waals surface area contributed by atoms with Crippen molar-refractivity contribution in [2.75, 3.05) is 38.3 Å². The lowest BCUT2D eigenvalue weighted by Gasteiger charge is -2.23. The lowest BCUT2D eigenvalue weighted by Crippen LogP contribution is -2.30. The average molecular weight is 525 g/mol. The molecule has 0 fully saturated rings. The minimum absolute atomic E-state index is 0.128. The number of anilines is 1. The van der Waals surface area contributed by atoms with Crippen LogP contribution in [0.5, 0.6) is 0 Å². The first-order valence-electron chi connectivity index (χ1n) is 11.1. The first kappa shape index (κ1) is 28.6. The Bertz CT molecular complexity index is 1080. The van der Waals surface area contributed by atoms with Gasteiger partial charge in [-0.15, -0.1) is 11.8 Å². The van der Waals surface area contributed by atoms with Gasteiger partial charge in [-0.3, -0.25) is 14.9 Å². The zero-order chi connectivity index (χ0) is 25.8. The number of carbonyl (C=O) groups is 1. The third-order valence-corrected chi connectivity index (χ3v) is 7.39. The molecule has 10 nitrogen and oxygen atoms in total. The Labute approximate surface area is 210 Å². The number of nitro benzene ring substituents is 1. The summed E-state index contributed by atoms with van der Waals surface area (Å²) in [5, 5.41) is 20.0. The van der Waals surface area contributed by atoms with E-state index < -0.39 is 14.9 Å². The molecule has 0 aliphatic rings. The van der Waals surface area contributed by atoms with Crippen LogP contribution < -0.4 is 10.5 Å². The summed E-state index contributed by atoms with van der Waals surface area (Å²) >= 11 is 1.63. The highest BCUT2D eigenvalue weighted by atomic mass is 32.2. The normalized spacial score (nSPS) is 12.3. The highest BCUT2D eigenvalue weighted by molar-refractivity contribution is 7.99. The molecule has 0 saturated heterocycles. The fraction of sp³-hybridized carbons (Fsp3) is 0.435. The van der Waals surface area contributed by atoms with E-state index in [-0.39, 0.29) is 28.3 Å². The van der Waals surface area contributed by atoms with Crippen molar-refractivity contribution >= 4 is 39.1 Å². The molecule has 0 aliphatic heterocycles. The number of primary sulfonamides is 1. The number of nitrogens with one attached hydrogen (secondary N) is 1. The number of sulfonamides is 1. The van der Waals surface area contributed by atoms with Gasteiger partial charge >= 0.3 is 5.97 Å². The van der Waals surface area contributed by atoms with Crippen LogP contribution in [0.1, 0.15) is 25.7 Å². The van der Waals surface area contributed by atoms with Gasteiger partial charge in [-0.05, 0) is 63.7 Å². The molecule has 192 valence electrons. The highest BCUT2D eigenvalue weighted by Gasteiger charge is 2.21. The number of thioether (sulfide) groups is 1. The van der Waals surface area contributed by atoms with Crippen LogP contribution in [0.2, 0.25) is 0 Å². The number of rotatable bonds is 15. The lowest BCUT2D eigenvalue weighted by molar-refractivity contribution is -0.384. The van der Waals surface area contributed by atoms with Gasteiger partial charge < -0.3 is 15.0 Å². The van der Waals surface area contributed by atoms with E-state index in [0.29, 0.717) is 18.6 Å². The van der Waals surface area contributed by atoms with E-state index in [4.69, 9.17) is 5.14 Å². The highest BCUT2D eigenvalue weighted by Crippen LogP contribution is 2.29. The Morgan fingerprint density at radius 2 is 1.91 bits per heavy atom. The molecule has 0 heterocycles. The van der Waals surface area contributed by atoms with E-state index >= 15 is 0 Å². The third kappa shape index (κ3) is 10.2. The fourth-order valence-electron chi connectivity index (χ4n) is 3.33. The number of ether oxygens (including phenoxy) is 1. The number of benzene rings is 2. The molecule has 2 aromatic carbocycles. The maximum Gasteiger partial charge on any atom is 0.305 e. The summed E-state index contributed by atoms with van der Waals surface area (Å²) in [5.74, 6) is 0.429. The maximum atomic E-state index is 11.6. The summed E-state index contributed by atoms with van der Waals surface area (Å²) in [5.41, 5.74) is -0.107. The zero-order valence-electron chi connectivity index (χ0n) is 19.9. The van der Waals surface area contributed by atoms with Gasteiger partial charge in [-0.25, -0.2) is 13.6 Å². The van der Waals surface area contributed by atoms with E-state index in [2.05, 4.69) is 15.0 Å². The molecule has 0 saturated carbocycles. The fourth-order valence-corrected chi connectivity index (χ4v) is 4.86. The number of carbonyl (C=O) groups excluding carboxylic acids is 1. The number of methoxy groups -OCH3 is 1. The number of hydrogen-bond donors (Lipinski definition) is 2. The van der Waals surface area contributed by atoms with Crippen molar-refractivity contribution in [2.45, 2.75) is 41.5 Å². The Morgan fingerprint density at radius 3 is 2.54 bits per heavy atom. The van der Waals surface area contributed by atoms with Gasteiger partial charge in [0.2, 0.25) is 10.0 Å². The molecule has 12 heteroatoms. The zero-order valence-corrected chi connectivity index (χ0v) is 21.5. The second kappa shape index (κ2) is 14.0. The molecule has 0 aromatic heterocycles. The van der Waals surface area contributed by atoms with Crippen molar-refractivity contribution < 1.29 is 22.9 Å². The van der Waals surface area contributed by atoms with Crippen LogP contribution in [0, 0.1) is 10.1 Å². The molecule has 35 heavy (non-hydrogen) atoms. The van der Waals surface area contributed by atoms with Gasteiger partial charge in [0.25, 0.3) is 5.69 Å². The van der Waals surface area contributed by atoms with E-state index in [9.17, 15) is 23.3 Å². The molecular formula is C23H32N4O6S2. The van der Waals surface area contributed by atoms with Crippen molar-refractivity contribution in [3.8, 4) is 0 Å². The van der Waals surface area contributed by atoms with Crippen molar-refractivity contribution in [1.29, 1.82) is 0 Å². The number of hydrogen-bond acceptors (Lipinski definition) is 9. The summed E-state index contributed by atoms with van der Waals surface area (Å²) in [7, 11) is -0.696. The van der Waals surface area contributed by atoms with Gasteiger partial charge in [-0.1, -0.05) is 18.2 Å². The summed E-state index contributed by atoms with van der Waals surface area (Å²) < 4.78 is 27.9. The monoisotopic (exact) mass is 524 g/mol. The van der Waals surface area contributed by atoms with Gasteiger partial charge in [0.15, 0.2) is 0 Å². The van der Waals surface area contributed by atoms with Gasteiger partial charge in [-0.2, -0.15) is 0 Å². The van der Waals surface area contributed by atoms with Crippen LogP contribution in [0.4, 0.5) is 11.4 Å². The number of nitrogens with zero attached hydrogens (tertiary/aromatic N) is 2. The Morgan fingerprint density at radius 1 is 1.20 bits per heavy atom.